The van der Waals surface area contributed by atoms with Crippen molar-refractivity contribution >= 4 is 5.69 Å². The van der Waals surface area contributed by atoms with E-state index in [1.807, 2.05) is 6.07 Å². The van der Waals surface area contributed by atoms with E-state index in [-0.39, 0.29) is 23.6 Å². The summed E-state index contributed by atoms with van der Waals surface area (Å²) >= 11 is 0. The molecule has 0 amide bonds. The maximum Gasteiger partial charge on any atom is 0.312 e. The second kappa shape index (κ2) is 5.24. The van der Waals surface area contributed by atoms with Crippen LogP contribution in [-0.2, 0) is 0 Å². The van der Waals surface area contributed by atoms with Gasteiger partial charge in [0, 0.05) is 6.07 Å². The molecule has 0 saturated heterocycles. The molecule has 1 aliphatic carbocycles. The second-order valence-corrected chi connectivity index (χ2v) is 4.77. The van der Waals surface area contributed by atoms with Crippen molar-refractivity contribution in [2.45, 2.75) is 31.3 Å². The summed E-state index contributed by atoms with van der Waals surface area (Å²) in [4.78, 5) is 10.3. The number of nitro groups is 1. The Labute approximate surface area is 110 Å². The molecule has 6 heteroatoms. The lowest BCUT2D eigenvalue weighted by molar-refractivity contribution is -0.386. The van der Waals surface area contributed by atoms with Gasteiger partial charge in [-0.15, -0.1) is 0 Å². The van der Waals surface area contributed by atoms with Crippen LogP contribution in [0.1, 0.15) is 31.2 Å². The predicted octanol–water partition coefficient (Wildman–Crippen LogP) is 2.15. The third-order valence-corrected chi connectivity index (χ3v) is 3.32. The minimum atomic E-state index is -0.887. The molecule has 1 N–H and O–H groups in total. The van der Waals surface area contributed by atoms with Gasteiger partial charge in [0.15, 0.2) is 5.75 Å². The first-order chi connectivity index (χ1) is 9.04. The summed E-state index contributed by atoms with van der Waals surface area (Å²) in [5, 5.41) is 29.8. The fraction of sp³-hybridized carbons (Fsp3) is 0.462. The Kier molecular flexibility index (Phi) is 3.67. The third kappa shape index (κ3) is 3.01. The number of aliphatic hydroxyl groups is 1. The number of hydrogen-bond donors (Lipinski definition) is 1. The van der Waals surface area contributed by atoms with E-state index in [4.69, 9.17) is 10.00 Å². The monoisotopic (exact) mass is 262 g/mol. The fourth-order valence-electron chi connectivity index (χ4n) is 2.24. The number of nitriles is 1. The Morgan fingerprint density at radius 3 is 2.74 bits per heavy atom. The van der Waals surface area contributed by atoms with E-state index < -0.39 is 10.5 Å². The summed E-state index contributed by atoms with van der Waals surface area (Å²) < 4.78 is 5.38. The lowest BCUT2D eigenvalue weighted by Gasteiger charge is -2.22. The highest BCUT2D eigenvalue weighted by Crippen LogP contribution is 2.33. The first kappa shape index (κ1) is 13.3. The van der Waals surface area contributed by atoms with Crippen molar-refractivity contribution in [1.82, 2.24) is 0 Å². The maximum absolute atomic E-state index is 10.9. The first-order valence-corrected chi connectivity index (χ1v) is 6.08. The number of rotatable bonds is 4. The van der Waals surface area contributed by atoms with E-state index in [0.717, 1.165) is 12.8 Å². The van der Waals surface area contributed by atoms with Crippen LogP contribution in [0.4, 0.5) is 5.69 Å². The van der Waals surface area contributed by atoms with Crippen LogP contribution in [0.25, 0.3) is 0 Å². The first-order valence-electron chi connectivity index (χ1n) is 6.08. The van der Waals surface area contributed by atoms with E-state index >= 15 is 0 Å². The molecule has 0 unspecified atom stereocenters. The van der Waals surface area contributed by atoms with Crippen LogP contribution in [0.2, 0.25) is 0 Å². The summed E-state index contributed by atoms with van der Waals surface area (Å²) in [5.41, 5.74) is -0.929. The Bertz CT molecular complexity index is 530. The SMILES string of the molecule is N#Cc1ccc(OCC2(O)CCCC2)c([N+](=O)[O-])c1. The van der Waals surface area contributed by atoms with Crippen LogP contribution in [0.15, 0.2) is 18.2 Å². The molecule has 2 rings (SSSR count). The molecule has 1 aromatic carbocycles. The standard InChI is InChI=1S/C13H14N2O4/c14-8-10-3-4-12(11(7-10)15(17)18)19-9-13(16)5-1-2-6-13/h3-4,7,16H,1-2,5-6,9H2. The van der Waals surface area contributed by atoms with E-state index in [9.17, 15) is 15.2 Å². The van der Waals surface area contributed by atoms with Gasteiger partial charge in [0.1, 0.15) is 6.61 Å². The highest BCUT2D eigenvalue weighted by Gasteiger charge is 2.32. The molecule has 1 fully saturated rings. The molecule has 0 aromatic heterocycles. The highest BCUT2D eigenvalue weighted by molar-refractivity contribution is 5.51. The van der Waals surface area contributed by atoms with Crippen molar-refractivity contribution in [3.63, 3.8) is 0 Å². The van der Waals surface area contributed by atoms with Crippen molar-refractivity contribution < 1.29 is 14.8 Å². The molecule has 0 aliphatic heterocycles. The van der Waals surface area contributed by atoms with Crippen molar-refractivity contribution in [2.24, 2.45) is 0 Å². The van der Waals surface area contributed by atoms with Crippen molar-refractivity contribution in [1.29, 1.82) is 5.26 Å². The minimum absolute atomic E-state index is 0.0414. The van der Waals surface area contributed by atoms with Crippen LogP contribution in [-0.4, -0.2) is 22.2 Å². The van der Waals surface area contributed by atoms with E-state index in [1.165, 1.54) is 18.2 Å². The molecule has 1 aliphatic rings. The summed E-state index contributed by atoms with van der Waals surface area (Å²) in [6.45, 7) is 0.0414. The van der Waals surface area contributed by atoms with E-state index in [1.54, 1.807) is 0 Å². The van der Waals surface area contributed by atoms with Gasteiger partial charge in [-0.25, -0.2) is 0 Å². The van der Waals surface area contributed by atoms with Crippen LogP contribution >= 0.6 is 0 Å². The molecule has 1 saturated carbocycles. The van der Waals surface area contributed by atoms with Crippen LogP contribution in [0, 0.1) is 21.4 Å². The summed E-state index contributed by atoms with van der Waals surface area (Å²) in [5.74, 6) is 0.0873. The van der Waals surface area contributed by atoms with E-state index in [0.29, 0.717) is 12.8 Å². The number of ether oxygens (including phenoxy) is 1. The highest BCUT2D eigenvalue weighted by atomic mass is 16.6. The Balaban J connectivity index is 2.16. The lowest BCUT2D eigenvalue weighted by atomic mass is 10.0. The van der Waals surface area contributed by atoms with Crippen LogP contribution in [0.5, 0.6) is 5.75 Å². The molecule has 6 nitrogen and oxygen atoms in total. The van der Waals surface area contributed by atoms with Crippen LogP contribution in [0.3, 0.4) is 0 Å². The van der Waals surface area contributed by atoms with Gasteiger partial charge >= 0.3 is 5.69 Å². The quantitative estimate of drug-likeness (QED) is 0.662. The third-order valence-electron chi connectivity index (χ3n) is 3.32. The average molecular weight is 262 g/mol. The smallest absolute Gasteiger partial charge is 0.312 e. The maximum atomic E-state index is 10.9. The number of benzene rings is 1. The summed E-state index contributed by atoms with van der Waals surface area (Å²) in [7, 11) is 0. The molecule has 0 heterocycles. The minimum Gasteiger partial charge on any atom is -0.484 e. The van der Waals surface area contributed by atoms with Crippen molar-refractivity contribution in [3.8, 4) is 11.8 Å². The molecule has 1 aromatic rings. The van der Waals surface area contributed by atoms with Crippen LogP contribution < -0.4 is 4.74 Å². The molecular formula is C13H14N2O4. The van der Waals surface area contributed by atoms with Gasteiger partial charge in [0.05, 0.1) is 22.2 Å². The molecular weight excluding hydrogens is 248 g/mol. The average Bonchev–Trinajstić information content (AvgIpc) is 2.83. The molecule has 0 radical (unpaired) electrons. The Hall–Kier alpha value is -2.13. The zero-order valence-corrected chi connectivity index (χ0v) is 10.3. The normalized spacial score (nSPS) is 16.8. The number of nitrogens with zero attached hydrogens (tertiary/aromatic N) is 2. The molecule has 19 heavy (non-hydrogen) atoms. The van der Waals surface area contributed by atoms with Gasteiger partial charge in [-0.1, -0.05) is 12.8 Å². The Morgan fingerprint density at radius 2 is 2.16 bits per heavy atom. The Morgan fingerprint density at radius 1 is 1.47 bits per heavy atom. The lowest BCUT2D eigenvalue weighted by Crippen LogP contribution is -2.32. The topological polar surface area (TPSA) is 96.4 Å². The summed E-state index contributed by atoms with van der Waals surface area (Å²) in [6.07, 6.45) is 3.18. The van der Waals surface area contributed by atoms with Gasteiger partial charge in [-0.05, 0) is 25.0 Å². The molecule has 0 atom stereocenters. The largest absolute Gasteiger partial charge is 0.484 e. The number of hydrogen-bond acceptors (Lipinski definition) is 5. The zero-order valence-electron chi connectivity index (χ0n) is 10.3. The molecule has 0 bridgehead atoms. The van der Waals surface area contributed by atoms with Gasteiger partial charge in [0.2, 0.25) is 0 Å². The van der Waals surface area contributed by atoms with E-state index in [2.05, 4.69) is 0 Å². The van der Waals surface area contributed by atoms with Gasteiger partial charge in [-0.3, -0.25) is 10.1 Å². The fourth-order valence-corrected chi connectivity index (χ4v) is 2.24. The zero-order chi connectivity index (χ0) is 13.9. The van der Waals surface area contributed by atoms with Gasteiger partial charge in [-0.2, -0.15) is 5.26 Å². The van der Waals surface area contributed by atoms with Crippen molar-refractivity contribution in [3.05, 3.63) is 33.9 Å². The molecule has 100 valence electrons. The van der Waals surface area contributed by atoms with Crippen molar-refractivity contribution in [2.75, 3.05) is 6.61 Å². The number of nitro benzene ring substituents is 1. The second-order valence-electron chi connectivity index (χ2n) is 4.77. The van der Waals surface area contributed by atoms with Gasteiger partial charge < -0.3 is 9.84 Å². The van der Waals surface area contributed by atoms with Gasteiger partial charge in [0.25, 0.3) is 0 Å². The summed E-state index contributed by atoms with van der Waals surface area (Å²) in [6, 6.07) is 5.88. The predicted molar refractivity (Wildman–Crippen MR) is 66.7 cm³/mol. The molecule has 0 spiro atoms.